The van der Waals surface area contributed by atoms with Gasteiger partial charge in [0.2, 0.25) is 0 Å². The summed E-state index contributed by atoms with van der Waals surface area (Å²) >= 11 is 0. The number of fused-ring (bicyclic) bond motifs is 1. The first-order valence-electron chi connectivity index (χ1n) is 7.74. The van der Waals surface area contributed by atoms with Crippen LogP contribution in [0.1, 0.15) is 25.3 Å². The van der Waals surface area contributed by atoms with E-state index in [0.717, 1.165) is 5.39 Å². The minimum atomic E-state index is -4.21. The van der Waals surface area contributed by atoms with Gasteiger partial charge in [-0.25, -0.2) is 0 Å². The van der Waals surface area contributed by atoms with Gasteiger partial charge in [-0.15, -0.1) is 0 Å². The molecule has 0 saturated carbocycles. The van der Waals surface area contributed by atoms with Crippen LogP contribution in [0.2, 0.25) is 0 Å². The maximum Gasteiger partial charge on any atom is 0.295 e. The van der Waals surface area contributed by atoms with Crippen LogP contribution in [-0.4, -0.2) is 49.5 Å². The molecule has 24 heavy (non-hydrogen) atoms. The Bertz CT molecular complexity index is 740. The molecule has 0 fully saturated rings. The van der Waals surface area contributed by atoms with Crippen molar-refractivity contribution in [1.29, 1.82) is 0 Å². The van der Waals surface area contributed by atoms with Gasteiger partial charge in [0.15, 0.2) is 0 Å². The monoisotopic (exact) mass is 355 g/mol. The molecule has 0 aromatic heterocycles. The Kier molecular flexibility index (Phi) is 8.30. The summed E-state index contributed by atoms with van der Waals surface area (Å²) in [5.41, 5.74) is 0.645. The van der Waals surface area contributed by atoms with Crippen molar-refractivity contribution in [2.45, 2.75) is 24.7 Å². The van der Waals surface area contributed by atoms with Crippen LogP contribution in [0, 0.1) is 0 Å². The maximum atomic E-state index is 11.5. The summed E-state index contributed by atoms with van der Waals surface area (Å²) in [5.74, 6) is 0.0385. The molecule has 0 saturated heterocycles. The fourth-order valence-electron chi connectivity index (χ4n) is 2.29. The Morgan fingerprint density at radius 2 is 1.58 bits per heavy atom. The molecule has 0 aliphatic rings. The lowest BCUT2D eigenvalue weighted by molar-refractivity contribution is 0.266. The van der Waals surface area contributed by atoms with Crippen molar-refractivity contribution >= 4 is 20.9 Å². The first-order valence-corrected chi connectivity index (χ1v) is 9.18. The van der Waals surface area contributed by atoms with E-state index in [1.807, 2.05) is 32.0 Å². The SMILES string of the molecule is CC(C)c1ccc2ccccc2c1S(=O)(=O)O.OCCNCCO. The van der Waals surface area contributed by atoms with Crippen LogP contribution in [0.25, 0.3) is 10.8 Å². The van der Waals surface area contributed by atoms with Crippen molar-refractivity contribution in [3.8, 4) is 0 Å². The Balaban J connectivity index is 0.000000351. The molecule has 0 bridgehead atoms. The molecular formula is C17H25NO5S. The molecule has 2 rings (SSSR count). The van der Waals surface area contributed by atoms with Gasteiger partial charge in [-0.1, -0.05) is 50.2 Å². The van der Waals surface area contributed by atoms with E-state index >= 15 is 0 Å². The number of benzene rings is 2. The van der Waals surface area contributed by atoms with E-state index in [0.29, 0.717) is 24.0 Å². The summed E-state index contributed by atoms with van der Waals surface area (Å²) in [6, 6.07) is 10.8. The van der Waals surface area contributed by atoms with Crippen LogP contribution in [-0.2, 0) is 10.1 Å². The highest BCUT2D eigenvalue weighted by atomic mass is 32.2. The third kappa shape index (κ3) is 5.85. The number of rotatable bonds is 6. The third-order valence-corrected chi connectivity index (χ3v) is 4.34. The fourth-order valence-corrected chi connectivity index (χ4v) is 3.35. The number of aliphatic hydroxyl groups is 2. The molecule has 0 unspecified atom stereocenters. The minimum absolute atomic E-state index is 0.0330. The van der Waals surface area contributed by atoms with Crippen LogP contribution >= 0.6 is 0 Å². The van der Waals surface area contributed by atoms with Crippen molar-refractivity contribution in [3.05, 3.63) is 42.0 Å². The summed E-state index contributed by atoms with van der Waals surface area (Å²) in [4.78, 5) is 0.0330. The van der Waals surface area contributed by atoms with E-state index < -0.39 is 10.1 Å². The van der Waals surface area contributed by atoms with Gasteiger partial charge in [0.25, 0.3) is 10.1 Å². The van der Waals surface area contributed by atoms with Gasteiger partial charge in [-0.05, 0) is 16.9 Å². The van der Waals surface area contributed by atoms with Gasteiger partial charge in [-0.2, -0.15) is 8.42 Å². The zero-order valence-corrected chi connectivity index (χ0v) is 14.8. The Morgan fingerprint density at radius 3 is 2.08 bits per heavy atom. The molecule has 0 aliphatic carbocycles. The number of hydrogen-bond acceptors (Lipinski definition) is 5. The van der Waals surface area contributed by atoms with Crippen molar-refractivity contribution in [1.82, 2.24) is 5.32 Å². The standard InChI is InChI=1S/C13H14O3S.C4H11NO2/c1-9(2)11-8-7-10-5-3-4-6-12(10)13(11)17(14,15)16;6-3-1-5-2-4-7/h3-9H,1-2H3,(H,14,15,16);5-7H,1-4H2. The van der Waals surface area contributed by atoms with Gasteiger partial charge in [0.1, 0.15) is 4.90 Å². The van der Waals surface area contributed by atoms with E-state index in [2.05, 4.69) is 5.32 Å². The van der Waals surface area contributed by atoms with E-state index in [1.165, 1.54) is 0 Å². The smallest absolute Gasteiger partial charge is 0.295 e. The minimum Gasteiger partial charge on any atom is -0.395 e. The van der Waals surface area contributed by atoms with Crippen molar-refractivity contribution in [2.75, 3.05) is 26.3 Å². The Hall–Kier alpha value is -1.51. The fraction of sp³-hybridized carbons (Fsp3) is 0.412. The molecule has 0 spiro atoms. The highest BCUT2D eigenvalue weighted by Gasteiger charge is 2.20. The average molecular weight is 355 g/mol. The van der Waals surface area contributed by atoms with Gasteiger partial charge < -0.3 is 15.5 Å². The van der Waals surface area contributed by atoms with E-state index in [9.17, 15) is 13.0 Å². The van der Waals surface area contributed by atoms with Crippen LogP contribution in [0.15, 0.2) is 41.3 Å². The van der Waals surface area contributed by atoms with Gasteiger partial charge in [0.05, 0.1) is 13.2 Å². The molecule has 0 amide bonds. The molecule has 134 valence electrons. The lowest BCUT2D eigenvalue weighted by Gasteiger charge is -2.13. The van der Waals surface area contributed by atoms with Gasteiger partial charge >= 0.3 is 0 Å². The molecule has 6 nitrogen and oxygen atoms in total. The highest BCUT2D eigenvalue weighted by molar-refractivity contribution is 7.86. The molecule has 2 aromatic carbocycles. The molecule has 4 N–H and O–H groups in total. The van der Waals surface area contributed by atoms with E-state index in [1.54, 1.807) is 18.2 Å². The van der Waals surface area contributed by atoms with Gasteiger partial charge in [-0.3, -0.25) is 4.55 Å². The molecule has 7 heteroatoms. The third-order valence-electron chi connectivity index (χ3n) is 3.37. The second kappa shape index (κ2) is 9.71. The van der Waals surface area contributed by atoms with Crippen molar-refractivity contribution in [2.24, 2.45) is 0 Å². The van der Waals surface area contributed by atoms with Crippen molar-refractivity contribution < 1.29 is 23.2 Å². The zero-order valence-electron chi connectivity index (χ0n) is 13.9. The number of aliphatic hydroxyl groups excluding tert-OH is 2. The van der Waals surface area contributed by atoms with Crippen LogP contribution in [0.4, 0.5) is 0 Å². The molecule has 0 aliphatic heterocycles. The van der Waals surface area contributed by atoms with Gasteiger partial charge in [0, 0.05) is 18.5 Å². The average Bonchev–Trinajstić information content (AvgIpc) is 2.54. The maximum absolute atomic E-state index is 11.5. The number of nitrogens with one attached hydrogen (secondary N) is 1. The lowest BCUT2D eigenvalue weighted by atomic mass is 9.99. The topological polar surface area (TPSA) is 107 Å². The molecule has 0 radical (unpaired) electrons. The first-order chi connectivity index (χ1) is 11.3. The molecular weight excluding hydrogens is 330 g/mol. The summed E-state index contributed by atoms with van der Waals surface area (Å²) in [6.07, 6.45) is 0. The van der Waals surface area contributed by atoms with Crippen LogP contribution in [0.3, 0.4) is 0 Å². The quantitative estimate of drug-likeness (QED) is 0.465. The van der Waals surface area contributed by atoms with Crippen LogP contribution in [0.5, 0.6) is 0 Å². The predicted octanol–water partition coefficient (Wildman–Crippen LogP) is 1.77. The summed E-state index contributed by atoms with van der Waals surface area (Å²) < 4.78 is 32.4. The largest absolute Gasteiger partial charge is 0.395 e. The second-order valence-corrected chi connectivity index (χ2v) is 6.89. The Labute approximate surface area is 142 Å². The zero-order chi connectivity index (χ0) is 18.2. The molecule has 0 heterocycles. The summed E-state index contributed by atoms with van der Waals surface area (Å²) in [5, 5.41) is 20.5. The van der Waals surface area contributed by atoms with E-state index in [-0.39, 0.29) is 24.0 Å². The normalized spacial score (nSPS) is 11.4. The number of hydrogen-bond donors (Lipinski definition) is 4. The lowest BCUT2D eigenvalue weighted by Crippen LogP contribution is -2.21. The first kappa shape index (κ1) is 20.5. The molecule has 0 atom stereocenters. The molecule has 2 aromatic rings. The van der Waals surface area contributed by atoms with Crippen LogP contribution < -0.4 is 5.32 Å². The summed E-state index contributed by atoms with van der Waals surface area (Å²) in [7, 11) is -4.21. The summed E-state index contributed by atoms with van der Waals surface area (Å²) in [6.45, 7) is 5.22. The second-order valence-electron chi connectivity index (χ2n) is 5.53. The van der Waals surface area contributed by atoms with E-state index in [4.69, 9.17) is 10.2 Å². The van der Waals surface area contributed by atoms with Crippen molar-refractivity contribution in [3.63, 3.8) is 0 Å². The Morgan fingerprint density at radius 1 is 1.00 bits per heavy atom. The highest BCUT2D eigenvalue weighted by Crippen LogP contribution is 2.31. The predicted molar refractivity (Wildman–Crippen MR) is 94.9 cm³/mol.